The first kappa shape index (κ1) is 33.7. The lowest BCUT2D eigenvalue weighted by molar-refractivity contribution is -0.138. The molecule has 3 aromatic rings. The topological polar surface area (TPSA) is 148 Å². The van der Waals surface area contributed by atoms with Gasteiger partial charge in [0.2, 0.25) is 15.9 Å². The average Bonchev–Trinajstić information content (AvgIpc) is 3.02. The van der Waals surface area contributed by atoms with Crippen molar-refractivity contribution in [1.82, 2.24) is 24.9 Å². The van der Waals surface area contributed by atoms with E-state index in [0.717, 1.165) is 16.7 Å². The van der Waals surface area contributed by atoms with Gasteiger partial charge in [-0.2, -0.15) is 0 Å². The number of aromatic nitrogens is 2. The Morgan fingerprint density at radius 1 is 1.00 bits per heavy atom. The van der Waals surface area contributed by atoms with Gasteiger partial charge in [0.25, 0.3) is 11.8 Å². The van der Waals surface area contributed by atoms with E-state index < -0.39 is 33.4 Å². The number of ether oxygens (including phenoxy) is 1. The zero-order valence-corrected chi connectivity index (χ0v) is 27.0. The Bertz CT molecular complexity index is 1590. The molecule has 0 aliphatic carbocycles. The molecule has 4 rings (SSSR count). The van der Waals surface area contributed by atoms with E-state index in [1.807, 2.05) is 57.2 Å². The van der Waals surface area contributed by atoms with E-state index in [4.69, 9.17) is 4.74 Å². The average molecular weight is 636 g/mol. The molecule has 0 saturated carbocycles. The predicted octanol–water partition coefficient (Wildman–Crippen LogP) is 3.36. The third kappa shape index (κ3) is 8.73. The highest BCUT2D eigenvalue weighted by molar-refractivity contribution is 7.90. The minimum Gasteiger partial charge on any atom is -0.381 e. The molecule has 12 heteroatoms. The van der Waals surface area contributed by atoms with Crippen LogP contribution in [0.15, 0.2) is 60.9 Å². The molecule has 240 valence electrons. The molecule has 11 nitrogen and oxygen atoms in total. The summed E-state index contributed by atoms with van der Waals surface area (Å²) in [7, 11) is -2.37. The molecular weight excluding hydrogens is 594 g/mol. The molecule has 45 heavy (non-hydrogen) atoms. The summed E-state index contributed by atoms with van der Waals surface area (Å²) in [6, 6.07) is 13.8. The van der Waals surface area contributed by atoms with Crippen molar-refractivity contribution in [1.29, 1.82) is 0 Å². The van der Waals surface area contributed by atoms with Gasteiger partial charge in [-0.15, -0.1) is 0 Å². The lowest BCUT2D eigenvalue weighted by Crippen LogP contribution is -2.65. The number of hydrogen-bond acceptors (Lipinski definition) is 8. The first-order chi connectivity index (χ1) is 21.4. The number of hydrogen-bond donors (Lipinski definition) is 2. The number of carbonyl (C=O) groups excluding carboxylic acids is 3. The van der Waals surface area contributed by atoms with Crippen LogP contribution in [-0.4, -0.2) is 78.6 Å². The first-order valence-electron chi connectivity index (χ1n) is 15.1. The van der Waals surface area contributed by atoms with E-state index in [1.165, 1.54) is 11.9 Å². The third-order valence-corrected chi connectivity index (χ3v) is 9.21. The van der Waals surface area contributed by atoms with Crippen molar-refractivity contribution in [3.8, 4) is 11.4 Å². The number of nitrogens with zero attached hydrogens (tertiary/aromatic N) is 3. The van der Waals surface area contributed by atoms with Gasteiger partial charge in [-0.1, -0.05) is 60.9 Å². The molecule has 2 heterocycles. The second-order valence-corrected chi connectivity index (χ2v) is 13.4. The Morgan fingerprint density at radius 2 is 1.62 bits per heavy atom. The monoisotopic (exact) mass is 635 g/mol. The summed E-state index contributed by atoms with van der Waals surface area (Å²) in [6.07, 6.45) is 4.46. The van der Waals surface area contributed by atoms with Crippen molar-refractivity contribution >= 4 is 27.7 Å². The van der Waals surface area contributed by atoms with Gasteiger partial charge in [0.1, 0.15) is 11.6 Å². The summed E-state index contributed by atoms with van der Waals surface area (Å²) in [4.78, 5) is 51.7. The van der Waals surface area contributed by atoms with Gasteiger partial charge in [-0.3, -0.25) is 19.1 Å². The van der Waals surface area contributed by atoms with Crippen LogP contribution in [0, 0.1) is 13.8 Å². The third-order valence-electron chi connectivity index (χ3n) is 7.88. The summed E-state index contributed by atoms with van der Waals surface area (Å²) in [5, 5.41) is 2.85. The minimum absolute atomic E-state index is 0.0525. The molecule has 1 aliphatic heterocycles. The van der Waals surface area contributed by atoms with Gasteiger partial charge in [0.15, 0.2) is 5.82 Å². The fraction of sp³-hybridized carbons (Fsp3) is 0.424. The largest absolute Gasteiger partial charge is 0.381 e. The van der Waals surface area contributed by atoms with Crippen molar-refractivity contribution in [3.63, 3.8) is 0 Å². The number of unbranched alkanes of at least 4 members (excludes halogenated alkanes) is 1. The first-order valence-corrected chi connectivity index (χ1v) is 16.7. The molecule has 0 bridgehead atoms. The van der Waals surface area contributed by atoms with Crippen LogP contribution >= 0.6 is 0 Å². The van der Waals surface area contributed by atoms with E-state index >= 15 is 0 Å². The van der Waals surface area contributed by atoms with Crippen LogP contribution in [0.4, 0.5) is 0 Å². The van der Waals surface area contributed by atoms with Crippen LogP contribution < -0.4 is 10.0 Å². The summed E-state index contributed by atoms with van der Waals surface area (Å²) in [5.74, 6) is -1.48. The normalized spacial score (nSPS) is 15.1. The van der Waals surface area contributed by atoms with Crippen LogP contribution in [0.25, 0.3) is 11.4 Å². The smallest absolute Gasteiger partial charge is 0.259 e. The van der Waals surface area contributed by atoms with Crippen molar-refractivity contribution in [2.24, 2.45) is 0 Å². The van der Waals surface area contributed by atoms with Crippen LogP contribution in [0.2, 0.25) is 0 Å². The molecular formula is C33H41N5O6S. The van der Waals surface area contributed by atoms with E-state index in [-0.39, 0.29) is 44.1 Å². The molecule has 3 amide bonds. The Hall–Kier alpha value is -4.16. The Morgan fingerprint density at radius 3 is 2.22 bits per heavy atom. The Kier molecular flexibility index (Phi) is 11.1. The number of rotatable bonds is 12. The zero-order valence-electron chi connectivity index (χ0n) is 26.2. The second kappa shape index (κ2) is 14.7. The lowest BCUT2D eigenvalue weighted by Gasteiger charge is -2.38. The van der Waals surface area contributed by atoms with Crippen molar-refractivity contribution in [2.75, 3.05) is 26.0 Å². The van der Waals surface area contributed by atoms with Crippen LogP contribution in [0.5, 0.6) is 0 Å². The summed E-state index contributed by atoms with van der Waals surface area (Å²) in [6.45, 7) is 5.94. The fourth-order valence-electron chi connectivity index (χ4n) is 5.34. The molecule has 1 saturated heterocycles. The maximum atomic E-state index is 14.1. The molecule has 0 radical (unpaired) electrons. The Balaban J connectivity index is 1.65. The fourth-order valence-corrected chi connectivity index (χ4v) is 6.59. The number of aryl methyl sites for hydroxylation is 2. The highest BCUT2D eigenvalue weighted by atomic mass is 32.2. The van der Waals surface area contributed by atoms with Crippen LogP contribution in [0.1, 0.15) is 59.7 Å². The van der Waals surface area contributed by atoms with Crippen LogP contribution in [0.3, 0.4) is 0 Å². The lowest BCUT2D eigenvalue weighted by atomic mass is 9.88. The SMILES string of the molecule is CCCCS(=O)(=O)NC(=O)C1(NC(=O)C(Cc2cnc(-c3ccccc3)nc2)N(C)C(=O)c2cc(C)cc(C)c2)CCOCC1. The molecule has 1 aromatic heterocycles. The van der Waals surface area contributed by atoms with Gasteiger partial charge in [0.05, 0.1) is 5.75 Å². The molecule has 1 unspecified atom stereocenters. The highest BCUT2D eigenvalue weighted by Crippen LogP contribution is 2.24. The maximum Gasteiger partial charge on any atom is 0.259 e. The standard InChI is InChI=1S/C33H41N5O6S/c1-5-6-16-45(42,43)37-32(41)33(12-14-44-15-13-33)36-30(39)28(38(4)31(40)27-18-23(2)17-24(3)19-27)20-25-21-34-29(35-22-25)26-10-8-7-9-11-26/h7-11,17-19,21-22,28H,5-6,12-16,20H2,1-4H3,(H,36,39)(H,37,41). The quantitative estimate of drug-likeness (QED) is 0.308. The van der Waals surface area contributed by atoms with Gasteiger partial charge < -0.3 is 15.0 Å². The highest BCUT2D eigenvalue weighted by Gasteiger charge is 2.45. The second-order valence-electron chi connectivity index (χ2n) is 11.6. The Labute approximate surface area is 264 Å². The molecule has 1 aliphatic rings. The summed E-state index contributed by atoms with van der Waals surface area (Å²) in [5.41, 5.74) is 2.12. The van der Waals surface area contributed by atoms with Crippen molar-refractivity contribution < 1.29 is 27.5 Å². The zero-order chi connectivity index (χ0) is 32.6. The molecule has 2 N–H and O–H groups in total. The van der Waals surface area contributed by atoms with E-state index in [0.29, 0.717) is 29.8 Å². The maximum absolute atomic E-state index is 14.1. The van der Waals surface area contributed by atoms with Gasteiger partial charge in [-0.25, -0.2) is 18.4 Å². The molecule has 0 spiro atoms. The van der Waals surface area contributed by atoms with E-state index in [9.17, 15) is 22.8 Å². The molecule has 1 atom stereocenters. The summed E-state index contributed by atoms with van der Waals surface area (Å²) < 4.78 is 32.9. The number of sulfonamides is 1. The van der Waals surface area contributed by atoms with E-state index in [1.54, 1.807) is 24.5 Å². The van der Waals surface area contributed by atoms with E-state index in [2.05, 4.69) is 20.0 Å². The number of amides is 3. The number of nitrogens with one attached hydrogen (secondary N) is 2. The molecule has 1 fully saturated rings. The minimum atomic E-state index is -3.91. The van der Waals surface area contributed by atoms with Crippen molar-refractivity contribution in [3.05, 3.63) is 83.2 Å². The van der Waals surface area contributed by atoms with Gasteiger partial charge >= 0.3 is 0 Å². The van der Waals surface area contributed by atoms with Crippen LogP contribution in [-0.2, 0) is 30.8 Å². The predicted molar refractivity (Wildman–Crippen MR) is 171 cm³/mol. The number of likely N-dealkylation sites (N-methyl/N-ethyl adjacent to an activating group) is 1. The number of carbonyl (C=O) groups is 3. The van der Waals surface area contributed by atoms with Gasteiger partial charge in [-0.05, 0) is 38.0 Å². The molecule has 2 aromatic carbocycles. The summed E-state index contributed by atoms with van der Waals surface area (Å²) >= 11 is 0. The van der Waals surface area contributed by atoms with Gasteiger partial charge in [0, 0.05) is 63.0 Å². The number of benzene rings is 2. The van der Waals surface area contributed by atoms with Crippen molar-refractivity contribution in [2.45, 2.75) is 64.5 Å².